The molecule has 0 atom stereocenters. The molecule has 0 heterocycles. The number of hydrogen-bond acceptors (Lipinski definition) is 0. The maximum Gasteiger partial charge on any atom is 0.126 e. The second-order valence-corrected chi connectivity index (χ2v) is 8.39. The zero-order valence-corrected chi connectivity index (χ0v) is 17.1. The predicted molar refractivity (Wildman–Crippen MR) is 114 cm³/mol. The molecule has 1 fully saturated rings. The monoisotopic (exact) mass is 366 g/mol. The average Bonchev–Trinajstić information content (AvgIpc) is 2.71. The van der Waals surface area contributed by atoms with Gasteiger partial charge in [-0.25, -0.2) is 4.39 Å². The van der Waals surface area contributed by atoms with E-state index in [-0.39, 0.29) is 5.82 Å². The lowest BCUT2D eigenvalue weighted by molar-refractivity contribution is 0.300. The summed E-state index contributed by atoms with van der Waals surface area (Å²) in [5, 5.41) is 0. The first-order valence-corrected chi connectivity index (χ1v) is 11.1. The van der Waals surface area contributed by atoms with Crippen LogP contribution in [0.1, 0.15) is 87.0 Å². The molecule has 2 aromatic carbocycles. The van der Waals surface area contributed by atoms with Crippen molar-refractivity contribution in [2.75, 3.05) is 0 Å². The summed E-state index contributed by atoms with van der Waals surface area (Å²) in [5.41, 5.74) is 4.79. The van der Waals surface area contributed by atoms with E-state index in [4.69, 9.17) is 0 Å². The van der Waals surface area contributed by atoms with E-state index < -0.39 is 0 Å². The largest absolute Gasteiger partial charge is 0.207 e. The Kier molecular flexibility index (Phi) is 7.50. The van der Waals surface area contributed by atoms with E-state index in [0.717, 1.165) is 49.1 Å². The van der Waals surface area contributed by atoms with Crippen LogP contribution in [0.3, 0.4) is 0 Å². The Hall–Kier alpha value is -1.63. The Morgan fingerprint density at radius 2 is 1.44 bits per heavy atom. The quantitative estimate of drug-likeness (QED) is 0.450. The smallest absolute Gasteiger partial charge is 0.126 e. The van der Waals surface area contributed by atoms with Crippen molar-refractivity contribution in [1.29, 1.82) is 0 Å². The second kappa shape index (κ2) is 10.1. The van der Waals surface area contributed by atoms with Crippen LogP contribution in [0, 0.1) is 11.7 Å². The van der Waals surface area contributed by atoms with Crippen LogP contribution in [0.2, 0.25) is 0 Å². The van der Waals surface area contributed by atoms with Crippen molar-refractivity contribution in [3.8, 4) is 0 Å². The fourth-order valence-electron chi connectivity index (χ4n) is 4.54. The average molecular weight is 367 g/mol. The summed E-state index contributed by atoms with van der Waals surface area (Å²) in [4.78, 5) is 0. The van der Waals surface area contributed by atoms with E-state index in [9.17, 15) is 4.39 Å². The van der Waals surface area contributed by atoms with Gasteiger partial charge < -0.3 is 0 Å². The fourth-order valence-corrected chi connectivity index (χ4v) is 4.54. The van der Waals surface area contributed by atoms with Crippen molar-refractivity contribution in [2.24, 2.45) is 5.92 Å². The van der Waals surface area contributed by atoms with Gasteiger partial charge in [-0.05, 0) is 85.1 Å². The van der Waals surface area contributed by atoms with Gasteiger partial charge >= 0.3 is 0 Å². The number of hydrogen-bond donors (Lipinski definition) is 0. The van der Waals surface area contributed by atoms with Gasteiger partial charge in [0.1, 0.15) is 5.82 Å². The van der Waals surface area contributed by atoms with Gasteiger partial charge in [-0.1, -0.05) is 69.5 Å². The minimum atomic E-state index is 0.0193. The first kappa shape index (κ1) is 20.1. The molecule has 0 N–H and O–H groups in total. The summed E-state index contributed by atoms with van der Waals surface area (Å²) < 4.78 is 14.8. The molecule has 1 aliphatic carbocycles. The summed E-state index contributed by atoms with van der Waals surface area (Å²) in [5.74, 6) is 1.33. The zero-order chi connectivity index (χ0) is 19.1. The molecule has 146 valence electrons. The number of aryl methyl sites for hydroxylation is 3. The van der Waals surface area contributed by atoms with Crippen LogP contribution >= 0.6 is 0 Å². The summed E-state index contributed by atoms with van der Waals surface area (Å²) in [6, 6.07) is 14.8. The topological polar surface area (TPSA) is 0 Å². The Balaban J connectivity index is 1.54. The van der Waals surface area contributed by atoms with Crippen LogP contribution in [-0.2, 0) is 19.3 Å². The molecule has 0 radical (unpaired) electrons. The molecule has 0 unspecified atom stereocenters. The molecular formula is C26H35F. The predicted octanol–water partition coefficient (Wildman–Crippen LogP) is 7.64. The molecule has 0 bridgehead atoms. The summed E-state index contributed by atoms with van der Waals surface area (Å²) in [6.45, 7) is 4.44. The van der Waals surface area contributed by atoms with E-state index in [1.54, 1.807) is 6.07 Å². The standard InChI is InChI=1S/C26H35F/c1-3-5-6-21-13-16-24(17-14-21)25-18-15-23(19-26(25)27)12-11-22-9-7-20(4-2)8-10-22/h7-10,15,18-19,21,24H,3-6,11-14,16-17H2,1-2H3. The highest BCUT2D eigenvalue weighted by atomic mass is 19.1. The number of benzene rings is 2. The SMILES string of the molecule is CCCCC1CCC(c2ccc(CCc3ccc(CC)cc3)cc2F)CC1. The molecule has 1 aliphatic rings. The first-order chi connectivity index (χ1) is 13.2. The van der Waals surface area contributed by atoms with Crippen LogP contribution in [0.4, 0.5) is 4.39 Å². The van der Waals surface area contributed by atoms with Crippen LogP contribution < -0.4 is 0 Å². The van der Waals surface area contributed by atoms with Gasteiger partial charge in [-0.3, -0.25) is 0 Å². The molecule has 0 aromatic heterocycles. The Bertz CT molecular complexity index is 693. The third kappa shape index (κ3) is 5.67. The van der Waals surface area contributed by atoms with E-state index in [2.05, 4.69) is 50.2 Å². The molecule has 1 heteroatoms. The summed E-state index contributed by atoms with van der Waals surface area (Å²) in [7, 11) is 0. The van der Waals surface area contributed by atoms with Crippen molar-refractivity contribution in [3.05, 3.63) is 70.5 Å². The lowest BCUT2D eigenvalue weighted by Gasteiger charge is -2.29. The Morgan fingerprint density at radius 1 is 0.815 bits per heavy atom. The minimum Gasteiger partial charge on any atom is -0.207 e. The molecule has 2 aromatic rings. The van der Waals surface area contributed by atoms with Gasteiger partial charge in [0.25, 0.3) is 0 Å². The van der Waals surface area contributed by atoms with Gasteiger partial charge in [0, 0.05) is 0 Å². The van der Waals surface area contributed by atoms with Gasteiger partial charge in [0.2, 0.25) is 0 Å². The molecule has 0 nitrogen and oxygen atoms in total. The maximum atomic E-state index is 14.8. The van der Waals surface area contributed by atoms with Gasteiger partial charge in [0.15, 0.2) is 0 Å². The van der Waals surface area contributed by atoms with E-state index in [0.29, 0.717) is 5.92 Å². The highest BCUT2D eigenvalue weighted by molar-refractivity contribution is 5.29. The molecular weight excluding hydrogens is 331 g/mol. The second-order valence-electron chi connectivity index (χ2n) is 8.39. The van der Waals surface area contributed by atoms with Gasteiger partial charge in [0.05, 0.1) is 0 Å². The van der Waals surface area contributed by atoms with E-state index in [1.165, 1.54) is 43.2 Å². The fraction of sp³-hybridized carbons (Fsp3) is 0.538. The summed E-state index contributed by atoms with van der Waals surface area (Å²) in [6.07, 6.45) is 11.8. The molecule has 1 saturated carbocycles. The van der Waals surface area contributed by atoms with E-state index in [1.807, 2.05) is 0 Å². The van der Waals surface area contributed by atoms with Crippen LogP contribution in [0.25, 0.3) is 0 Å². The van der Waals surface area contributed by atoms with Crippen LogP contribution in [0.15, 0.2) is 42.5 Å². The van der Waals surface area contributed by atoms with Crippen LogP contribution in [0.5, 0.6) is 0 Å². The Morgan fingerprint density at radius 3 is 2.07 bits per heavy atom. The minimum absolute atomic E-state index is 0.0193. The van der Waals surface area contributed by atoms with Crippen molar-refractivity contribution in [3.63, 3.8) is 0 Å². The van der Waals surface area contributed by atoms with Gasteiger partial charge in [-0.15, -0.1) is 0 Å². The van der Waals surface area contributed by atoms with Crippen molar-refractivity contribution < 1.29 is 4.39 Å². The molecule has 0 spiro atoms. The zero-order valence-electron chi connectivity index (χ0n) is 17.1. The number of rotatable bonds is 8. The molecule has 0 saturated heterocycles. The van der Waals surface area contributed by atoms with Crippen molar-refractivity contribution >= 4 is 0 Å². The van der Waals surface area contributed by atoms with Crippen LogP contribution in [-0.4, -0.2) is 0 Å². The Labute approximate surface area is 165 Å². The molecule has 27 heavy (non-hydrogen) atoms. The van der Waals surface area contributed by atoms with E-state index >= 15 is 0 Å². The number of halogens is 1. The lowest BCUT2D eigenvalue weighted by Crippen LogP contribution is -2.14. The summed E-state index contributed by atoms with van der Waals surface area (Å²) >= 11 is 0. The molecule has 0 aliphatic heterocycles. The third-order valence-electron chi connectivity index (χ3n) is 6.45. The number of unbranched alkanes of at least 4 members (excludes halogenated alkanes) is 1. The first-order valence-electron chi connectivity index (χ1n) is 11.1. The normalized spacial score (nSPS) is 20.0. The maximum absolute atomic E-state index is 14.8. The van der Waals surface area contributed by atoms with Crippen molar-refractivity contribution in [1.82, 2.24) is 0 Å². The molecule has 0 amide bonds. The highest BCUT2D eigenvalue weighted by Crippen LogP contribution is 2.38. The molecule has 3 rings (SSSR count). The highest BCUT2D eigenvalue weighted by Gasteiger charge is 2.24. The van der Waals surface area contributed by atoms with Gasteiger partial charge in [-0.2, -0.15) is 0 Å². The third-order valence-corrected chi connectivity index (χ3v) is 6.45. The lowest BCUT2D eigenvalue weighted by atomic mass is 9.77. The van der Waals surface area contributed by atoms with Crippen molar-refractivity contribution in [2.45, 2.75) is 84.0 Å².